The van der Waals surface area contributed by atoms with E-state index in [-0.39, 0.29) is 6.54 Å². The summed E-state index contributed by atoms with van der Waals surface area (Å²) in [4.78, 5) is 1.02. The summed E-state index contributed by atoms with van der Waals surface area (Å²) in [6.45, 7) is 1.95. The first-order chi connectivity index (χ1) is 8.90. The standard InChI is InChI=1S/C13H15F3N2S/c1-2-19-12-8-9(17)7-11-10(12)3-5-18(11)6-4-13(14,15)16/h3,5,7-8H,2,4,6,17H2,1H3. The van der Waals surface area contributed by atoms with E-state index in [4.69, 9.17) is 5.73 Å². The van der Waals surface area contributed by atoms with Crippen LogP contribution in [0.1, 0.15) is 13.3 Å². The van der Waals surface area contributed by atoms with Gasteiger partial charge < -0.3 is 10.3 Å². The van der Waals surface area contributed by atoms with E-state index in [0.29, 0.717) is 5.69 Å². The van der Waals surface area contributed by atoms with Crippen LogP contribution in [0.25, 0.3) is 10.9 Å². The summed E-state index contributed by atoms with van der Waals surface area (Å²) in [5, 5.41) is 0.961. The lowest BCUT2D eigenvalue weighted by molar-refractivity contribution is -0.136. The molecule has 0 aliphatic carbocycles. The van der Waals surface area contributed by atoms with E-state index in [1.165, 1.54) is 0 Å². The molecular formula is C13H15F3N2S. The SMILES string of the molecule is CCSc1cc(N)cc2c1ccn2CCC(F)(F)F. The fraction of sp³-hybridized carbons (Fsp3) is 0.385. The van der Waals surface area contributed by atoms with Crippen LogP contribution in [-0.2, 0) is 6.54 Å². The van der Waals surface area contributed by atoms with Gasteiger partial charge in [-0.3, -0.25) is 0 Å². The largest absolute Gasteiger partial charge is 0.399 e. The Balaban J connectivity index is 2.36. The summed E-state index contributed by atoms with van der Waals surface area (Å²) in [6, 6.07) is 5.44. The Labute approximate surface area is 113 Å². The Bertz CT molecular complexity index is 575. The molecule has 0 spiro atoms. The molecule has 2 aromatic rings. The third-order valence-electron chi connectivity index (χ3n) is 2.81. The average molecular weight is 288 g/mol. The number of alkyl halides is 3. The maximum atomic E-state index is 12.3. The van der Waals surface area contributed by atoms with Crippen LogP contribution in [0.2, 0.25) is 0 Å². The average Bonchev–Trinajstić information content (AvgIpc) is 2.69. The lowest BCUT2D eigenvalue weighted by Gasteiger charge is -2.10. The molecular weight excluding hydrogens is 273 g/mol. The van der Waals surface area contributed by atoms with Gasteiger partial charge in [-0.25, -0.2) is 0 Å². The molecule has 0 saturated carbocycles. The van der Waals surface area contributed by atoms with Gasteiger partial charge in [0.15, 0.2) is 0 Å². The Kier molecular flexibility index (Phi) is 3.99. The van der Waals surface area contributed by atoms with E-state index >= 15 is 0 Å². The Morgan fingerprint density at radius 2 is 2.05 bits per heavy atom. The lowest BCUT2D eigenvalue weighted by Crippen LogP contribution is -2.11. The molecule has 0 amide bonds. The second-order valence-corrected chi connectivity index (χ2v) is 5.57. The fourth-order valence-electron chi connectivity index (χ4n) is 2.00. The molecule has 2 N–H and O–H groups in total. The Morgan fingerprint density at radius 1 is 1.32 bits per heavy atom. The molecule has 0 saturated heterocycles. The van der Waals surface area contributed by atoms with Crippen molar-refractivity contribution in [3.05, 3.63) is 24.4 Å². The number of rotatable bonds is 4. The van der Waals surface area contributed by atoms with Crippen molar-refractivity contribution in [2.75, 3.05) is 11.5 Å². The van der Waals surface area contributed by atoms with Crippen molar-refractivity contribution in [3.63, 3.8) is 0 Å². The van der Waals surface area contributed by atoms with E-state index in [2.05, 4.69) is 0 Å². The molecule has 1 aromatic heterocycles. The van der Waals surface area contributed by atoms with E-state index in [0.717, 1.165) is 21.6 Å². The molecule has 0 atom stereocenters. The molecule has 1 heterocycles. The molecule has 104 valence electrons. The molecule has 0 radical (unpaired) electrons. The number of aromatic nitrogens is 1. The number of anilines is 1. The molecule has 19 heavy (non-hydrogen) atoms. The molecule has 6 heteroatoms. The minimum absolute atomic E-state index is 0.0767. The van der Waals surface area contributed by atoms with E-state index in [9.17, 15) is 13.2 Å². The third kappa shape index (κ3) is 3.37. The first kappa shape index (κ1) is 14.1. The summed E-state index contributed by atoms with van der Waals surface area (Å²) < 4.78 is 38.5. The first-order valence-corrected chi connectivity index (χ1v) is 6.97. The summed E-state index contributed by atoms with van der Waals surface area (Å²) in [7, 11) is 0. The quantitative estimate of drug-likeness (QED) is 0.672. The highest BCUT2D eigenvalue weighted by Crippen LogP contribution is 2.32. The van der Waals surface area contributed by atoms with Gasteiger partial charge in [-0.05, 0) is 24.0 Å². The van der Waals surface area contributed by atoms with Crippen LogP contribution in [-0.4, -0.2) is 16.5 Å². The summed E-state index contributed by atoms with van der Waals surface area (Å²) in [5.41, 5.74) is 7.16. The van der Waals surface area contributed by atoms with Crippen LogP contribution < -0.4 is 5.73 Å². The van der Waals surface area contributed by atoms with Crippen LogP contribution >= 0.6 is 11.8 Å². The van der Waals surface area contributed by atoms with Crippen molar-refractivity contribution >= 4 is 28.4 Å². The number of nitrogens with zero attached hydrogens (tertiary/aromatic N) is 1. The normalized spacial score (nSPS) is 12.2. The van der Waals surface area contributed by atoms with Crippen molar-refractivity contribution < 1.29 is 13.2 Å². The predicted molar refractivity (Wildman–Crippen MR) is 73.4 cm³/mol. The second kappa shape index (κ2) is 5.36. The zero-order valence-corrected chi connectivity index (χ0v) is 11.3. The summed E-state index contributed by atoms with van der Waals surface area (Å²) in [5.74, 6) is 0.895. The minimum Gasteiger partial charge on any atom is -0.399 e. The first-order valence-electron chi connectivity index (χ1n) is 5.98. The molecule has 0 fully saturated rings. The van der Waals surface area contributed by atoms with Crippen LogP contribution in [0, 0.1) is 0 Å². The zero-order valence-electron chi connectivity index (χ0n) is 10.5. The predicted octanol–water partition coefficient (Wildman–Crippen LogP) is 4.29. The monoisotopic (exact) mass is 288 g/mol. The highest BCUT2D eigenvalue weighted by Gasteiger charge is 2.26. The number of thioether (sulfide) groups is 1. The number of hydrogen-bond donors (Lipinski definition) is 1. The van der Waals surface area contributed by atoms with Gasteiger partial charge in [-0.2, -0.15) is 13.2 Å². The maximum Gasteiger partial charge on any atom is 0.390 e. The lowest BCUT2D eigenvalue weighted by atomic mass is 10.2. The van der Waals surface area contributed by atoms with Crippen molar-refractivity contribution in [3.8, 4) is 0 Å². The van der Waals surface area contributed by atoms with Crippen LogP contribution in [0.5, 0.6) is 0 Å². The van der Waals surface area contributed by atoms with Gasteiger partial charge in [0.2, 0.25) is 0 Å². The Morgan fingerprint density at radius 3 is 2.68 bits per heavy atom. The van der Waals surface area contributed by atoms with Gasteiger partial charge >= 0.3 is 6.18 Å². The van der Waals surface area contributed by atoms with Gasteiger partial charge in [0, 0.05) is 28.7 Å². The van der Waals surface area contributed by atoms with Crippen molar-refractivity contribution in [1.82, 2.24) is 4.57 Å². The van der Waals surface area contributed by atoms with E-state index in [1.807, 2.05) is 19.1 Å². The molecule has 1 aromatic carbocycles. The Hall–Kier alpha value is -1.30. The van der Waals surface area contributed by atoms with Crippen LogP contribution in [0.4, 0.5) is 18.9 Å². The summed E-state index contributed by atoms with van der Waals surface area (Å²) in [6.07, 6.45) is -3.28. The molecule has 2 nitrogen and oxygen atoms in total. The van der Waals surface area contributed by atoms with Gasteiger partial charge in [0.05, 0.1) is 11.9 Å². The van der Waals surface area contributed by atoms with Gasteiger partial charge in [0.1, 0.15) is 0 Å². The topological polar surface area (TPSA) is 30.9 Å². The second-order valence-electron chi connectivity index (χ2n) is 4.26. The molecule has 0 aliphatic heterocycles. The fourth-order valence-corrected chi connectivity index (χ4v) is 2.86. The number of hydrogen-bond acceptors (Lipinski definition) is 2. The molecule has 0 bridgehead atoms. The smallest absolute Gasteiger partial charge is 0.390 e. The van der Waals surface area contributed by atoms with E-state index < -0.39 is 12.6 Å². The van der Waals surface area contributed by atoms with Crippen molar-refractivity contribution in [2.45, 2.75) is 31.0 Å². The number of nitrogen functional groups attached to an aromatic ring is 1. The van der Waals surface area contributed by atoms with E-state index in [1.54, 1.807) is 28.6 Å². The van der Waals surface area contributed by atoms with Crippen LogP contribution in [0.15, 0.2) is 29.3 Å². The molecule has 2 rings (SSSR count). The van der Waals surface area contributed by atoms with Crippen molar-refractivity contribution in [2.24, 2.45) is 0 Å². The zero-order chi connectivity index (χ0) is 14.0. The van der Waals surface area contributed by atoms with Gasteiger partial charge in [-0.15, -0.1) is 11.8 Å². The van der Waals surface area contributed by atoms with Gasteiger partial charge in [0.25, 0.3) is 0 Å². The molecule has 0 aliphatic rings. The number of nitrogens with two attached hydrogens (primary N) is 1. The number of fused-ring (bicyclic) bond motifs is 1. The third-order valence-corrected chi connectivity index (χ3v) is 3.75. The minimum atomic E-state index is -4.14. The number of halogens is 3. The highest BCUT2D eigenvalue weighted by molar-refractivity contribution is 7.99. The van der Waals surface area contributed by atoms with Crippen LogP contribution in [0.3, 0.4) is 0 Å². The summed E-state index contributed by atoms with van der Waals surface area (Å²) >= 11 is 1.64. The van der Waals surface area contributed by atoms with Crippen molar-refractivity contribution in [1.29, 1.82) is 0 Å². The number of benzene rings is 1. The number of aryl methyl sites for hydroxylation is 1. The highest BCUT2D eigenvalue weighted by atomic mass is 32.2. The molecule has 0 unspecified atom stereocenters. The van der Waals surface area contributed by atoms with Gasteiger partial charge in [-0.1, -0.05) is 6.92 Å². The maximum absolute atomic E-state index is 12.3.